The molecular weight excluding hydrogens is 442 g/mol. The molecule has 3 rings (SSSR count). The van der Waals surface area contributed by atoms with Crippen LogP contribution in [0, 0.1) is 12.8 Å². The van der Waals surface area contributed by atoms with Gasteiger partial charge in [0.25, 0.3) is 0 Å². The third kappa shape index (κ3) is 6.11. The standard InChI is InChI=1S/C24H31N3O5S/c1-18-8-9-21(32-2)22(16-18)33(30,31)27(15-10-19-6-4-3-5-7-19)17-23(28)26-13-11-20(12-14-26)24(25)29/h3-9,16,20H,10-15,17H2,1-2H3,(H2,25,29). The Morgan fingerprint density at radius 3 is 2.39 bits per heavy atom. The van der Waals surface area contributed by atoms with Gasteiger partial charge in [0.2, 0.25) is 21.8 Å². The molecule has 2 aromatic carbocycles. The number of piperidine rings is 1. The van der Waals surface area contributed by atoms with Gasteiger partial charge in [0.05, 0.1) is 13.7 Å². The van der Waals surface area contributed by atoms with Crippen molar-refractivity contribution in [3.8, 4) is 5.75 Å². The zero-order valence-corrected chi connectivity index (χ0v) is 19.9. The van der Waals surface area contributed by atoms with Crippen LogP contribution < -0.4 is 10.5 Å². The van der Waals surface area contributed by atoms with Crippen molar-refractivity contribution in [2.24, 2.45) is 11.7 Å². The highest BCUT2D eigenvalue weighted by Gasteiger charge is 2.32. The molecule has 1 heterocycles. The maximum atomic E-state index is 13.7. The highest BCUT2D eigenvalue weighted by Crippen LogP contribution is 2.28. The normalized spacial score (nSPS) is 14.9. The molecule has 0 unspecified atom stereocenters. The predicted molar refractivity (Wildman–Crippen MR) is 125 cm³/mol. The van der Waals surface area contributed by atoms with E-state index in [9.17, 15) is 18.0 Å². The van der Waals surface area contributed by atoms with Crippen LogP contribution in [0.1, 0.15) is 24.0 Å². The van der Waals surface area contributed by atoms with Crippen LogP contribution in [0.2, 0.25) is 0 Å². The lowest BCUT2D eigenvalue weighted by Crippen LogP contribution is -2.47. The van der Waals surface area contributed by atoms with E-state index >= 15 is 0 Å². The number of hydrogen-bond acceptors (Lipinski definition) is 5. The first kappa shape index (κ1) is 24.7. The highest BCUT2D eigenvalue weighted by atomic mass is 32.2. The summed E-state index contributed by atoms with van der Waals surface area (Å²) in [4.78, 5) is 26.1. The summed E-state index contributed by atoms with van der Waals surface area (Å²) in [5.74, 6) is -0.662. The molecule has 8 nitrogen and oxygen atoms in total. The van der Waals surface area contributed by atoms with Crippen LogP contribution in [0.25, 0.3) is 0 Å². The van der Waals surface area contributed by atoms with Crippen molar-refractivity contribution in [3.05, 3.63) is 59.7 Å². The Morgan fingerprint density at radius 2 is 1.79 bits per heavy atom. The first-order valence-electron chi connectivity index (χ1n) is 11.0. The van der Waals surface area contributed by atoms with Crippen LogP contribution in [0.3, 0.4) is 0 Å². The van der Waals surface area contributed by atoms with Gasteiger partial charge >= 0.3 is 0 Å². The number of methoxy groups -OCH3 is 1. The number of ether oxygens (including phenoxy) is 1. The zero-order chi connectivity index (χ0) is 24.0. The van der Waals surface area contributed by atoms with Crippen molar-refractivity contribution in [2.75, 3.05) is 33.3 Å². The number of likely N-dealkylation sites (tertiary alicyclic amines) is 1. The summed E-state index contributed by atoms with van der Waals surface area (Å²) < 4.78 is 33.9. The molecule has 0 aliphatic carbocycles. The number of amides is 2. The molecule has 1 saturated heterocycles. The molecule has 1 fully saturated rings. The van der Waals surface area contributed by atoms with Crippen LogP contribution in [-0.4, -0.2) is 62.7 Å². The molecule has 33 heavy (non-hydrogen) atoms. The number of hydrogen-bond donors (Lipinski definition) is 1. The van der Waals surface area contributed by atoms with Gasteiger partial charge in [0, 0.05) is 25.6 Å². The van der Waals surface area contributed by atoms with Crippen molar-refractivity contribution < 1.29 is 22.7 Å². The van der Waals surface area contributed by atoms with E-state index in [0.717, 1.165) is 11.1 Å². The molecule has 9 heteroatoms. The second kappa shape index (κ2) is 10.8. The predicted octanol–water partition coefficient (Wildman–Crippen LogP) is 1.96. The largest absolute Gasteiger partial charge is 0.495 e. The van der Waals surface area contributed by atoms with E-state index in [1.165, 1.54) is 11.4 Å². The van der Waals surface area contributed by atoms with E-state index in [-0.39, 0.29) is 41.5 Å². The van der Waals surface area contributed by atoms with Crippen molar-refractivity contribution in [1.82, 2.24) is 9.21 Å². The third-order valence-electron chi connectivity index (χ3n) is 5.99. The molecule has 2 amide bonds. The summed E-state index contributed by atoms with van der Waals surface area (Å²) in [5, 5.41) is 0. The summed E-state index contributed by atoms with van der Waals surface area (Å²) in [7, 11) is -2.59. The summed E-state index contributed by atoms with van der Waals surface area (Å²) >= 11 is 0. The Balaban J connectivity index is 1.84. The van der Waals surface area contributed by atoms with Gasteiger partial charge in [-0.1, -0.05) is 36.4 Å². The first-order valence-corrected chi connectivity index (χ1v) is 12.4. The van der Waals surface area contributed by atoms with Crippen LogP contribution in [0.15, 0.2) is 53.4 Å². The Labute approximate surface area is 195 Å². The van der Waals surface area contributed by atoms with Gasteiger partial charge in [-0.05, 0) is 49.4 Å². The molecule has 2 N–H and O–H groups in total. The minimum Gasteiger partial charge on any atom is -0.495 e. The van der Waals surface area contributed by atoms with Gasteiger partial charge in [0.1, 0.15) is 10.6 Å². The summed E-state index contributed by atoms with van der Waals surface area (Å²) in [6.45, 7) is 2.43. The Hall–Kier alpha value is -2.91. The molecule has 0 bridgehead atoms. The van der Waals surface area contributed by atoms with E-state index < -0.39 is 10.0 Å². The lowest BCUT2D eigenvalue weighted by Gasteiger charge is -2.32. The van der Waals surface area contributed by atoms with E-state index in [1.807, 2.05) is 30.3 Å². The number of nitrogens with zero attached hydrogens (tertiary/aromatic N) is 2. The van der Waals surface area contributed by atoms with Crippen LogP contribution in [-0.2, 0) is 26.0 Å². The molecule has 1 aliphatic rings. The second-order valence-corrected chi connectivity index (χ2v) is 10.2. The number of primary amides is 1. The van der Waals surface area contributed by atoms with Crippen LogP contribution >= 0.6 is 0 Å². The number of aryl methyl sites for hydroxylation is 1. The zero-order valence-electron chi connectivity index (χ0n) is 19.1. The fourth-order valence-corrected chi connectivity index (χ4v) is 5.60. The minimum absolute atomic E-state index is 0.0401. The van der Waals surface area contributed by atoms with Gasteiger partial charge in [-0.2, -0.15) is 4.31 Å². The fourth-order valence-electron chi connectivity index (χ4n) is 3.97. The lowest BCUT2D eigenvalue weighted by atomic mass is 9.96. The van der Waals surface area contributed by atoms with Crippen LogP contribution in [0.4, 0.5) is 0 Å². The van der Waals surface area contributed by atoms with Crippen molar-refractivity contribution in [3.63, 3.8) is 0 Å². The van der Waals surface area contributed by atoms with E-state index in [4.69, 9.17) is 10.5 Å². The fraction of sp³-hybridized carbons (Fsp3) is 0.417. The monoisotopic (exact) mass is 473 g/mol. The summed E-state index contributed by atoms with van der Waals surface area (Å²) in [5.41, 5.74) is 7.13. The SMILES string of the molecule is COc1ccc(C)cc1S(=O)(=O)N(CCc1ccccc1)CC(=O)N1CCC(C(N)=O)CC1. The number of carbonyl (C=O) groups excluding carboxylic acids is 2. The van der Waals surface area contributed by atoms with E-state index in [2.05, 4.69) is 0 Å². The second-order valence-electron chi connectivity index (χ2n) is 8.29. The number of nitrogens with two attached hydrogens (primary N) is 1. The molecule has 0 saturated carbocycles. The highest BCUT2D eigenvalue weighted by molar-refractivity contribution is 7.89. The molecule has 178 valence electrons. The van der Waals surface area contributed by atoms with Crippen molar-refractivity contribution >= 4 is 21.8 Å². The smallest absolute Gasteiger partial charge is 0.247 e. The van der Waals surface area contributed by atoms with Gasteiger partial charge in [-0.3, -0.25) is 9.59 Å². The average Bonchev–Trinajstić information content (AvgIpc) is 2.82. The Bertz CT molecular complexity index is 1080. The molecule has 0 radical (unpaired) electrons. The maximum absolute atomic E-state index is 13.7. The average molecular weight is 474 g/mol. The molecule has 0 atom stereocenters. The third-order valence-corrected chi connectivity index (χ3v) is 7.86. The first-order chi connectivity index (χ1) is 15.7. The number of benzene rings is 2. The number of rotatable bonds is 9. The van der Waals surface area contributed by atoms with Gasteiger partial charge in [-0.15, -0.1) is 0 Å². The van der Waals surface area contributed by atoms with Crippen LogP contribution in [0.5, 0.6) is 5.75 Å². The summed E-state index contributed by atoms with van der Waals surface area (Å²) in [6, 6.07) is 14.5. The molecule has 1 aliphatic heterocycles. The van der Waals surface area contributed by atoms with E-state index in [0.29, 0.717) is 32.4 Å². The van der Waals surface area contributed by atoms with Gasteiger partial charge in [0.15, 0.2) is 0 Å². The molecule has 2 aromatic rings. The molecular formula is C24H31N3O5S. The van der Waals surface area contributed by atoms with Gasteiger partial charge < -0.3 is 15.4 Å². The number of carbonyl (C=O) groups is 2. The molecule has 0 spiro atoms. The lowest BCUT2D eigenvalue weighted by molar-refractivity contribution is -0.135. The Morgan fingerprint density at radius 1 is 1.12 bits per heavy atom. The van der Waals surface area contributed by atoms with E-state index in [1.54, 1.807) is 30.0 Å². The molecule has 0 aromatic heterocycles. The summed E-state index contributed by atoms with van der Waals surface area (Å²) in [6.07, 6.45) is 1.44. The maximum Gasteiger partial charge on any atom is 0.247 e. The number of sulfonamides is 1. The van der Waals surface area contributed by atoms with Crippen molar-refractivity contribution in [2.45, 2.75) is 31.1 Å². The Kier molecular flexibility index (Phi) is 8.10. The quantitative estimate of drug-likeness (QED) is 0.599. The van der Waals surface area contributed by atoms with Gasteiger partial charge in [-0.25, -0.2) is 8.42 Å². The van der Waals surface area contributed by atoms with Crippen molar-refractivity contribution in [1.29, 1.82) is 0 Å². The minimum atomic E-state index is -4.01. The topological polar surface area (TPSA) is 110 Å².